The molecule has 0 fully saturated rings. The molecule has 0 saturated carbocycles. The third kappa shape index (κ3) is 2.91. The standard InChI is InChI=1S/C16H18N2O2/c1-17(2)13-6-8-14(9-7-13)18(3)16(20)12-4-10-15(19)11-5-12/h4-11,19H,1-3H3. The van der Waals surface area contributed by atoms with Crippen LogP contribution in [0.3, 0.4) is 0 Å². The fourth-order valence-electron chi connectivity index (χ4n) is 1.89. The van der Waals surface area contributed by atoms with E-state index in [4.69, 9.17) is 0 Å². The molecule has 4 heteroatoms. The van der Waals surface area contributed by atoms with Crippen molar-refractivity contribution in [3.05, 3.63) is 54.1 Å². The lowest BCUT2D eigenvalue weighted by atomic mass is 10.1. The maximum absolute atomic E-state index is 12.3. The van der Waals surface area contributed by atoms with Gasteiger partial charge in [0, 0.05) is 38.1 Å². The molecule has 20 heavy (non-hydrogen) atoms. The Hall–Kier alpha value is -2.49. The van der Waals surface area contributed by atoms with Gasteiger partial charge in [0.05, 0.1) is 0 Å². The van der Waals surface area contributed by atoms with Crippen LogP contribution >= 0.6 is 0 Å². The van der Waals surface area contributed by atoms with Crippen LogP contribution in [-0.2, 0) is 0 Å². The molecule has 0 aliphatic heterocycles. The molecule has 0 spiro atoms. The van der Waals surface area contributed by atoms with Crippen molar-refractivity contribution >= 4 is 17.3 Å². The number of rotatable bonds is 3. The van der Waals surface area contributed by atoms with Crippen LogP contribution in [0.5, 0.6) is 5.75 Å². The molecule has 2 aromatic carbocycles. The van der Waals surface area contributed by atoms with Crippen LogP contribution in [0.2, 0.25) is 0 Å². The summed E-state index contributed by atoms with van der Waals surface area (Å²) < 4.78 is 0. The van der Waals surface area contributed by atoms with Crippen LogP contribution in [0.15, 0.2) is 48.5 Å². The maximum Gasteiger partial charge on any atom is 0.258 e. The van der Waals surface area contributed by atoms with E-state index in [1.54, 1.807) is 24.1 Å². The second-order valence-electron chi connectivity index (χ2n) is 4.82. The molecular weight excluding hydrogens is 252 g/mol. The second-order valence-corrected chi connectivity index (χ2v) is 4.82. The van der Waals surface area contributed by atoms with Gasteiger partial charge in [-0.15, -0.1) is 0 Å². The summed E-state index contributed by atoms with van der Waals surface area (Å²) in [7, 11) is 5.68. The fourth-order valence-corrected chi connectivity index (χ4v) is 1.89. The van der Waals surface area contributed by atoms with E-state index in [9.17, 15) is 9.90 Å². The number of aromatic hydroxyl groups is 1. The Morgan fingerprint density at radius 3 is 1.85 bits per heavy atom. The van der Waals surface area contributed by atoms with E-state index in [0.717, 1.165) is 11.4 Å². The average molecular weight is 270 g/mol. The largest absolute Gasteiger partial charge is 0.508 e. The van der Waals surface area contributed by atoms with Crippen molar-refractivity contribution in [2.75, 3.05) is 30.9 Å². The third-order valence-corrected chi connectivity index (χ3v) is 3.17. The van der Waals surface area contributed by atoms with Crippen LogP contribution in [0, 0.1) is 0 Å². The zero-order valence-electron chi connectivity index (χ0n) is 11.9. The lowest BCUT2D eigenvalue weighted by Crippen LogP contribution is -2.26. The molecule has 104 valence electrons. The van der Waals surface area contributed by atoms with Gasteiger partial charge in [-0.25, -0.2) is 0 Å². The number of carbonyl (C=O) groups excluding carboxylic acids is 1. The minimum atomic E-state index is -0.109. The molecule has 0 heterocycles. The van der Waals surface area contributed by atoms with Gasteiger partial charge in [-0.3, -0.25) is 4.79 Å². The van der Waals surface area contributed by atoms with Gasteiger partial charge in [-0.1, -0.05) is 0 Å². The van der Waals surface area contributed by atoms with E-state index in [0.29, 0.717) is 5.56 Å². The molecule has 0 radical (unpaired) electrons. The minimum Gasteiger partial charge on any atom is -0.508 e. The predicted octanol–water partition coefficient (Wildman–Crippen LogP) is 2.73. The van der Waals surface area contributed by atoms with E-state index >= 15 is 0 Å². The Balaban J connectivity index is 2.19. The van der Waals surface area contributed by atoms with E-state index in [1.807, 2.05) is 43.3 Å². The molecule has 0 bridgehead atoms. The third-order valence-electron chi connectivity index (χ3n) is 3.17. The van der Waals surface area contributed by atoms with Crippen LogP contribution in [-0.4, -0.2) is 32.2 Å². The molecule has 2 aromatic rings. The summed E-state index contributed by atoms with van der Waals surface area (Å²) in [6.45, 7) is 0. The molecule has 0 aromatic heterocycles. The first-order valence-corrected chi connectivity index (χ1v) is 6.33. The van der Waals surface area contributed by atoms with Crippen LogP contribution in [0.4, 0.5) is 11.4 Å². The quantitative estimate of drug-likeness (QED) is 0.932. The Kier molecular flexibility index (Phi) is 3.94. The predicted molar refractivity (Wildman–Crippen MR) is 81.6 cm³/mol. The van der Waals surface area contributed by atoms with Crippen molar-refractivity contribution in [3.8, 4) is 5.75 Å². The maximum atomic E-state index is 12.3. The highest BCUT2D eigenvalue weighted by Crippen LogP contribution is 2.20. The lowest BCUT2D eigenvalue weighted by Gasteiger charge is -2.19. The number of hydrogen-bond acceptors (Lipinski definition) is 3. The normalized spacial score (nSPS) is 10.2. The van der Waals surface area contributed by atoms with Crippen molar-refractivity contribution in [1.82, 2.24) is 0 Å². The molecule has 2 rings (SSSR count). The molecular formula is C16H18N2O2. The summed E-state index contributed by atoms with van der Waals surface area (Å²) in [5, 5.41) is 9.25. The zero-order valence-corrected chi connectivity index (χ0v) is 11.9. The number of benzene rings is 2. The molecule has 0 aliphatic carbocycles. The van der Waals surface area contributed by atoms with Crippen LogP contribution in [0.1, 0.15) is 10.4 Å². The van der Waals surface area contributed by atoms with E-state index in [1.165, 1.54) is 12.1 Å². The highest BCUT2D eigenvalue weighted by Gasteiger charge is 2.13. The smallest absolute Gasteiger partial charge is 0.258 e. The molecule has 0 saturated heterocycles. The number of amides is 1. The molecule has 0 aliphatic rings. The minimum absolute atomic E-state index is 0.109. The van der Waals surface area contributed by atoms with E-state index < -0.39 is 0 Å². The Labute approximate surface area is 118 Å². The summed E-state index contributed by atoms with van der Waals surface area (Å²) in [5.74, 6) is 0.0437. The summed E-state index contributed by atoms with van der Waals surface area (Å²) in [6.07, 6.45) is 0. The first-order chi connectivity index (χ1) is 9.49. The van der Waals surface area contributed by atoms with Gasteiger partial charge < -0.3 is 14.9 Å². The Morgan fingerprint density at radius 2 is 1.35 bits per heavy atom. The van der Waals surface area contributed by atoms with Gasteiger partial charge >= 0.3 is 0 Å². The van der Waals surface area contributed by atoms with Gasteiger partial charge in [-0.2, -0.15) is 0 Å². The molecule has 0 unspecified atom stereocenters. The number of hydrogen-bond donors (Lipinski definition) is 1. The van der Waals surface area contributed by atoms with E-state index in [2.05, 4.69) is 0 Å². The zero-order chi connectivity index (χ0) is 14.7. The number of nitrogens with zero attached hydrogens (tertiary/aromatic N) is 2. The summed E-state index contributed by atoms with van der Waals surface area (Å²) in [6, 6.07) is 14.0. The summed E-state index contributed by atoms with van der Waals surface area (Å²) >= 11 is 0. The summed E-state index contributed by atoms with van der Waals surface area (Å²) in [5.41, 5.74) is 2.45. The fraction of sp³-hybridized carbons (Fsp3) is 0.188. The monoisotopic (exact) mass is 270 g/mol. The first-order valence-electron chi connectivity index (χ1n) is 6.33. The van der Waals surface area contributed by atoms with Crippen molar-refractivity contribution in [2.24, 2.45) is 0 Å². The first kappa shape index (κ1) is 13.9. The number of phenols is 1. The van der Waals surface area contributed by atoms with Crippen molar-refractivity contribution in [2.45, 2.75) is 0 Å². The SMILES string of the molecule is CN(C)c1ccc(N(C)C(=O)c2ccc(O)cc2)cc1. The average Bonchev–Trinajstić information content (AvgIpc) is 2.46. The van der Waals surface area contributed by atoms with Gasteiger partial charge in [0.1, 0.15) is 5.75 Å². The number of anilines is 2. The van der Waals surface area contributed by atoms with Gasteiger partial charge in [0.2, 0.25) is 0 Å². The van der Waals surface area contributed by atoms with Crippen LogP contribution in [0.25, 0.3) is 0 Å². The van der Waals surface area contributed by atoms with Crippen molar-refractivity contribution < 1.29 is 9.90 Å². The van der Waals surface area contributed by atoms with Gasteiger partial charge in [0.25, 0.3) is 5.91 Å². The summed E-state index contributed by atoms with van der Waals surface area (Å²) in [4.78, 5) is 15.9. The van der Waals surface area contributed by atoms with Gasteiger partial charge in [-0.05, 0) is 48.5 Å². The molecule has 4 nitrogen and oxygen atoms in total. The number of phenolic OH excluding ortho intramolecular Hbond substituents is 1. The highest BCUT2D eigenvalue weighted by molar-refractivity contribution is 6.05. The van der Waals surface area contributed by atoms with Crippen molar-refractivity contribution in [1.29, 1.82) is 0 Å². The lowest BCUT2D eigenvalue weighted by molar-refractivity contribution is 0.0993. The molecule has 1 amide bonds. The van der Waals surface area contributed by atoms with Gasteiger partial charge in [0.15, 0.2) is 0 Å². The molecule has 0 atom stereocenters. The Bertz CT molecular complexity index is 589. The second kappa shape index (κ2) is 5.65. The highest BCUT2D eigenvalue weighted by atomic mass is 16.3. The van der Waals surface area contributed by atoms with Crippen molar-refractivity contribution in [3.63, 3.8) is 0 Å². The topological polar surface area (TPSA) is 43.8 Å². The van der Waals surface area contributed by atoms with Crippen LogP contribution < -0.4 is 9.80 Å². The Morgan fingerprint density at radius 1 is 0.850 bits per heavy atom. The molecule has 1 N–H and O–H groups in total. The van der Waals surface area contributed by atoms with E-state index in [-0.39, 0.29) is 11.7 Å². The number of carbonyl (C=O) groups is 1.